The molecule has 0 saturated carbocycles. The quantitative estimate of drug-likeness (QED) is 0.788. The van der Waals surface area contributed by atoms with Crippen molar-refractivity contribution in [2.75, 3.05) is 5.43 Å². The number of amides is 1. The van der Waals surface area contributed by atoms with Crippen LogP contribution >= 0.6 is 34.8 Å². The first-order valence-corrected chi connectivity index (χ1v) is 6.68. The van der Waals surface area contributed by atoms with Gasteiger partial charge >= 0.3 is 0 Å². The zero-order valence-electron chi connectivity index (χ0n) is 10.2. The molecule has 2 aromatic carbocycles. The molecule has 2 N–H and O–H groups in total. The minimum atomic E-state index is -0.984. The fourth-order valence-electron chi connectivity index (χ4n) is 1.52. The minimum absolute atomic E-state index is 0.173. The van der Waals surface area contributed by atoms with Crippen LogP contribution in [0.25, 0.3) is 0 Å². The smallest absolute Gasteiger partial charge is 0.272 e. The largest absolute Gasteiger partial charge is 0.295 e. The number of hydrazine groups is 1. The molecule has 0 aliphatic carbocycles. The molecule has 2 rings (SSSR count). The molecular weight excluding hydrogens is 345 g/mol. The lowest BCUT2D eigenvalue weighted by Crippen LogP contribution is -2.30. The first-order valence-electron chi connectivity index (χ1n) is 5.54. The number of carbonyl (C=O) groups excluding carboxylic acids is 1. The topological polar surface area (TPSA) is 41.1 Å². The van der Waals surface area contributed by atoms with Gasteiger partial charge in [0.15, 0.2) is 0 Å². The number of carbonyl (C=O) groups is 1. The van der Waals surface area contributed by atoms with Crippen molar-refractivity contribution in [2.45, 2.75) is 0 Å². The molecule has 0 bridgehead atoms. The summed E-state index contributed by atoms with van der Waals surface area (Å²) in [7, 11) is 0. The number of rotatable bonds is 3. The molecule has 1 amide bonds. The number of nitrogens with one attached hydrogen (secondary N) is 2. The standard InChI is InChI=1S/C13H7Cl3F2N2O/c14-6-3-9(15)12(10(16)4-6)19-20-13(21)8-2-1-7(17)5-11(8)18/h1-5,19H,(H,20,21). The van der Waals surface area contributed by atoms with E-state index in [1.807, 2.05) is 0 Å². The summed E-state index contributed by atoms with van der Waals surface area (Å²) >= 11 is 17.6. The first-order chi connectivity index (χ1) is 9.88. The van der Waals surface area contributed by atoms with Crippen LogP contribution in [0.5, 0.6) is 0 Å². The van der Waals surface area contributed by atoms with Gasteiger partial charge in [-0.25, -0.2) is 8.78 Å². The molecule has 21 heavy (non-hydrogen) atoms. The normalized spacial score (nSPS) is 10.3. The lowest BCUT2D eigenvalue weighted by molar-refractivity contribution is 0.0958. The van der Waals surface area contributed by atoms with Gasteiger partial charge in [0.25, 0.3) is 5.91 Å². The maximum atomic E-state index is 13.4. The van der Waals surface area contributed by atoms with E-state index in [-0.39, 0.29) is 21.3 Å². The maximum absolute atomic E-state index is 13.4. The van der Waals surface area contributed by atoms with Crippen LogP contribution in [-0.4, -0.2) is 5.91 Å². The Morgan fingerprint density at radius 2 is 1.62 bits per heavy atom. The molecule has 3 nitrogen and oxygen atoms in total. The Morgan fingerprint density at radius 3 is 2.19 bits per heavy atom. The second-order valence-corrected chi connectivity index (χ2v) is 5.20. The Bertz CT molecular complexity index is 687. The summed E-state index contributed by atoms with van der Waals surface area (Å²) < 4.78 is 26.2. The zero-order valence-corrected chi connectivity index (χ0v) is 12.5. The van der Waals surface area contributed by atoms with Gasteiger partial charge in [-0.2, -0.15) is 0 Å². The molecule has 0 fully saturated rings. The molecule has 0 radical (unpaired) electrons. The van der Waals surface area contributed by atoms with Gasteiger partial charge < -0.3 is 0 Å². The number of benzene rings is 2. The Kier molecular flexibility index (Phi) is 4.88. The van der Waals surface area contributed by atoms with E-state index in [0.717, 1.165) is 12.1 Å². The lowest BCUT2D eigenvalue weighted by Gasteiger charge is -2.12. The number of halogens is 5. The van der Waals surface area contributed by atoms with Crippen LogP contribution in [0.15, 0.2) is 30.3 Å². The van der Waals surface area contributed by atoms with Gasteiger partial charge in [-0.15, -0.1) is 0 Å². The van der Waals surface area contributed by atoms with Crippen LogP contribution in [-0.2, 0) is 0 Å². The summed E-state index contributed by atoms with van der Waals surface area (Å²) in [6, 6.07) is 5.44. The SMILES string of the molecule is O=C(NNc1c(Cl)cc(Cl)cc1Cl)c1ccc(F)cc1F. The highest BCUT2D eigenvalue weighted by Crippen LogP contribution is 2.33. The third kappa shape index (κ3) is 3.75. The van der Waals surface area contributed by atoms with Crippen molar-refractivity contribution < 1.29 is 13.6 Å². The second kappa shape index (κ2) is 6.47. The molecule has 0 aromatic heterocycles. The predicted octanol–water partition coefficient (Wildman–Crippen LogP) is 4.68. The summed E-state index contributed by atoms with van der Waals surface area (Å²) in [6.07, 6.45) is 0. The van der Waals surface area contributed by atoms with E-state index in [0.29, 0.717) is 11.1 Å². The monoisotopic (exact) mass is 350 g/mol. The van der Waals surface area contributed by atoms with Crippen molar-refractivity contribution in [3.63, 3.8) is 0 Å². The van der Waals surface area contributed by atoms with Gasteiger partial charge in [0.05, 0.1) is 21.3 Å². The van der Waals surface area contributed by atoms with Crippen molar-refractivity contribution in [1.82, 2.24) is 5.43 Å². The molecule has 0 spiro atoms. The summed E-state index contributed by atoms with van der Waals surface area (Å²) in [6.45, 7) is 0. The van der Waals surface area contributed by atoms with Crippen molar-refractivity contribution in [1.29, 1.82) is 0 Å². The van der Waals surface area contributed by atoms with E-state index in [2.05, 4.69) is 10.9 Å². The van der Waals surface area contributed by atoms with Crippen LogP contribution in [0.3, 0.4) is 0 Å². The van der Waals surface area contributed by atoms with Crippen molar-refractivity contribution in [3.05, 3.63) is 62.6 Å². The second-order valence-electron chi connectivity index (χ2n) is 3.95. The summed E-state index contributed by atoms with van der Waals surface area (Å²) in [5.41, 5.74) is 4.56. The van der Waals surface area contributed by atoms with Crippen LogP contribution in [0.2, 0.25) is 15.1 Å². The van der Waals surface area contributed by atoms with Crippen LogP contribution in [0, 0.1) is 11.6 Å². The molecule has 0 heterocycles. The van der Waals surface area contributed by atoms with Gasteiger partial charge in [0.1, 0.15) is 11.6 Å². The number of hydrogen-bond donors (Lipinski definition) is 2. The molecule has 0 aliphatic heterocycles. The Hall–Kier alpha value is -1.56. The third-order valence-corrected chi connectivity index (χ3v) is 3.30. The fraction of sp³-hybridized carbons (Fsp3) is 0. The molecule has 0 aliphatic rings. The van der Waals surface area contributed by atoms with Crippen LogP contribution in [0.1, 0.15) is 10.4 Å². The highest BCUT2D eigenvalue weighted by atomic mass is 35.5. The zero-order chi connectivity index (χ0) is 15.6. The summed E-state index contributed by atoms with van der Waals surface area (Å²) in [5.74, 6) is -2.57. The van der Waals surface area contributed by atoms with Crippen LogP contribution < -0.4 is 10.9 Å². The van der Waals surface area contributed by atoms with E-state index >= 15 is 0 Å². The van der Waals surface area contributed by atoms with E-state index in [9.17, 15) is 13.6 Å². The average Bonchev–Trinajstić information content (AvgIpc) is 2.36. The number of hydrogen-bond acceptors (Lipinski definition) is 2. The highest BCUT2D eigenvalue weighted by molar-refractivity contribution is 6.41. The van der Waals surface area contributed by atoms with Crippen molar-refractivity contribution in [2.24, 2.45) is 0 Å². The van der Waals surface area contributed by atoms with E-state index in [1.165, 1.54) is 12.1 Å². The number of anilines is 1. The summed E-state index contributed by atoms with van der Waals surface area (Å²) in [4.78, 5) is 11.8. The van der Waals surface area contributed by atoms with Gasteiger partial charge in [-0.05, 0) is 24.3 Å². The molecule has 2 aromatic rings. The Balaban J connectivity index is 2.15. The molecule has 0 unspecified atom stereocenters. The van der Waals surface area contributed by atoms with Gasteiger partial charge in [-0.3, -0.25) is 15.6 Å². The molecular formula is C13H7Cl3F2N2O. The minimum Gasteiger partial charge on any atom is -0.295 e. The molecule has 8 heteroatoms. The molecule has 0 atom stereocenters. The van der Waals surface area contributed by atoms with E-state index in [1.54, 1.807) is 0 Å². The predicted molar refractivity (Wildman–Crippen MR) is 78.9 cm³/mol. The lowest BCUT2D eigenvalue weighted by atomic mass is 10.2. The Morgan fingerprint density at radius 1 is 1.00 bits per heavy atom. The van der Waals surface area contributed by atoms with Gasteiger partial charge in [-0.1, -0.05) is 34.8 Å². The van der Waals surface area contributed by atoms with Crippen molar-refractivity contribution in [3.8, 4) is 0 Å². The highest BCUT2D eigenvalue weighted by Gasteiger charge is 2.14. The van der Waals surface area contributed by atoms with Crippen LogP contribution in [0.4, 0.5) is 14.5 Å². The maximum Gasteiger partial charge on any atom is 0.272 e. The summed E-state index contributed by atoms with van der Waals surface area (Å²) in [5, 5.41) is 0.672. The van der Waals surface area contributed by atoms with Gasteiger partial charge in [0.2, 0.25) is 0 Å². The Labute approximate surface area is 133 Å². The fourth-order valence-corrected chi connectivity index (χ4v) is 2.43. The first kappa shape index (κ1) is 15.8. The average molecular weight is 352 g/mol. The van der Waals surface area contributed by atoms with Gasteiger partial charge in [0, 0.05) is 11.1 Å². The van der Waals surface area contributed by atoms with Crippen molar-refractivity contribution >= 4 is 46.4 Å². The van der Waals surface area contributed by atoms with E-state index in [4.69, 9.17) is 34.8 Å². The molecule has 110 valence electrons. The van der Waals surface area contributed by atoms with E-state index < -0.39 is 17.5 Å². The molecule has 0 saturated heterocycles. The third-order valence-electron chi connectivity index (χ3n) is 2.48.